The summed E-state index contributed by atoms with van der Waals surface area (Å²) in [6.45, 7) is 12.6. The third-order valence-electron chi connectivity index (χ3n) is 11.9. The highest BCUT2D eigenvalue weighted by Crippen LogP contribution is 2.26. The number of nitrogens with zero attached hydrogens (tertiary/aromatic N) is 3. The molecular formula is C49H62N6O4. The number of hydrogen-bond donors (Lipinski definition) is 3. The number of amides is 3. The van der Waals surface area contributed by atoms with Crippen molar-refractivity contribution in [2.75, 3.05) is 26.2 Å². The molecule has 0 bridgehead atoms. The fourth-order valence-electron chi connectivity index (χ4n) is 8.66. The number of piperidine rings is 2. The molecule has 0 unspecified atom stereocenters. The Morgan fingerprint density at radius 1 is 0.610 bits per heavy atom. The van der Waals surface area contributed by atoms with Crippen molar-refractivity contribution in [3.63, 3.8) is 0 Å². The highest BCUT2D eigenvalue weighted by molar-refractivity contribution is 5.87. The van der Waals surface area contributed by atoms with Gasteiger partial charge in [0.1, 0.15) is 11.6 Å². The molecule has 59 heavy (non-hydrogen) atoms. The van der Waals surface area contributed by atoms with Gasteiger partial charge in [-0.15, -0.1) is 0 Å². The first-order chi connectivity index (χ1) is 28.6. The van der Waals surface area contributed by atoms with Crippen LogP contribution in [0.2, 0.25) is 0 Å². The van der Waals surface area contributed by atoms with Gasteiger partial charge in [-0.25, -0.2) is 4.79 Å². The summed E-state index contributed by atoms with van der Waals surface area (Å²) < 4.78 is 5.63. The van der Waals surface area contributed by atoms with Crippen LogP contribution in [-0.4, -0.2) is 88.6 Å². The van der Waals surface area contributed by atoms with Gasteiger partial charge in [-0.05, 0) is 86.3 Å². The maximum atomic E-state index is 13.4. The lowest BCUT2D eigenvalue weighted by Gasteiger charge is -2.38. The van der Waals surface area contributed by atoms with Crippen molar-refractivity contribution in [1.82, 2.24) is 30.7 Å². The molecule has 10 nitrogen and oxygen atoms in total. The fourth-order valence-corrected chi connectivity index (χ4v) is 8.66. The van der Waals surface area contributed by atoms with Gasteiger partial charge >= 0.3 is 6.09 Å². The van der Waals surface area contributed by atoms with Gasteiger partial charge in [-0.1, -0.05) is 109 Å². The first kappa shape index (κ1) is 42.1. The van der Waals surface area contributed by atoms with Crippen LogP contribution in [0.3, 0.4) is 0 Å². The van der Waals surface area contributed by atoms with Crippen LogP contribution in [-0.2, 0) is 53.3 Å². The lowest BCUT2D eigenvalue weighted by atomic mass is 9.93. The standard InChI is InChI=1S/C27H35N3O3.C22H27N3O/c1-27(2,3)33-26(32)30-19-22-12-8-7-11-21(22)17-24(30)25(31)28-23-13-15-29(16-14-23)18-20-9-5-4-6-10-20;26-22(21-14-18-8-4-5-9-19(18)15-23-21)24-20-10-12-25(13-11-20)16-17-6-2-1-3-7-17/h4-12,23-24H,13-19H2,1-3H3,(H,28,31);1-9,20-21,23H,10-16H2,(H,24,26)/t24-;21-/m00/s1. The number of hydrogen-bond acceptors (Lipinski definition) is 7. The summed E-state index contributed by atoms with van der Waals surface area (Å²) in [5, 5.41) is 9.90. The molecule has 10 heteroatoms. The number of fused-ring (bicyclic) bond motifs is 2. The molecule has 0 saturated carbocycles. The smallest absolute Gasteiger partial charge is 0.411 e. The minimum absolute atomic E-state index is 0.0862. The van der Waals surface area contributed by atoms with Gasteiger partial charge in [0.05, 0.1) is 12.6 Å². The molecule has 4 aliphatic rings. The Kier molecular flexibility index (Phi) is 14.1. The third kappa shape index (κ3) is 12.0. The minimum atomic E-state index is -0.610. The molecule has 0 aromatic heterocycles. The molecule has 312 valence electrons. The highest BCUT2D eigenvalue weighted by Gasteiger charge is 2.38. The van der Waals surface area contributed by atoms with E-state index in [4.69, 9.17) is 4.74 Å². The van der Waals surface area contributed by atoms with E-state index in [9.17, 15) is 14.4 Å². The summed E-state index contributed by atoms with van der Waals surface area (Å²) in [5.41, 5.74) is 6.86. The van der Waals surface area contributed by atoms with Crippen molar-refractivity contribution in [3.05, 3.63) is 143 Å². The molecule has 3 amide bonds. The van der Waals surface area contributed by atoms with E-state index >= 15 is 0 Å². The lowest BCUT2D eigenvalue weighted by molar-refractivity contribution is -0.128. The van der Waals surface area contributed by atoms with Crippen LogP contribution in [0.15, 0.2) is 109 Å². The molecule has 4 aromatic carbocycles. The van der Waals surface area contributed by atoms with Crippen LogP contribution in [0.1, 0.15) is 79.8 Å². The van der Waals surface area contributed by atoms with Crippen molar-refractivity contribution < 1.29 is 19.1 Å². The van der Waals surface area contributed by atoms with E-state index in [2.05, 4.69) is 105 Å². The zero-order chi connectivity index (χ0) is 41.2. The summed E-state index contributed by atoms with van der Waals surface area (Å²) >= 11 is 0. The van der Waals surface area contributed by atoms with E-state index in [0.717, 1.165) is 89.0 Å². The van der Waals surface area contributed by atoms with Gasteiger partial charge in [-0.2, -0.15) is 0 Å². The molecule has 0 radical (unpaired) electrons. The van der Waals surface area contributed by atoms with Crippen LogP contribution in [0.25, 0.3) is 0 Å². The Hall–Kier alpha value is -5.03. The zero-order valence-corrected chi connectivity index (χ0v) is 35.1. The van der Waals surface area contributed by atoms with Gasteiger partial charge in [0.25, 0.3) is 0 Å². The number of benzene rings is 4. The van der Waals surface area contributed by atoms with Gasteiger partial charge in [0, 0.05) is 64.3 Å². The number of ether oxygens (including phenoxy) is 1. The van der Waals surface area contributed by atoms with Crippen molar-refractivity contribution >= 4 is 17.9 Å². The van der Waals surface area contributed by atoms with E-state index < -0.39 is 17.7 Å². The Bertz CT molecular complexity index is 1990. The van der Waals surface area contributed by atoms with E-state index in [-0.39, 0.29) is 23.9 Å². The molecule has 8 rings (SSSR count). The number of rotatable bonds is 8. The van der Waals surface area contributed by atoms with Crippen LogP contribution >= 0.6 is 0 Å². The summed E-state index contributed by atoms with van der Waals surface area (Å²) in [6, 6.07) is 37.3. The van der Waals surface area contributed by atoms with E-state index in [1.54, 1.807) is 4.90 Å². The quantitative estimate of drug-likeness (QED) is 0.184. The Morgan fingerprint density at radius 2 is 1.07 bits per heavy atom. The fraction of sp³-hybridized carbons (Fsp3) is 0.449. The number of likely N-dealkylation sites (tertiary alicyclic amines) is 2. The third-order valence-corrected chi connectivity index (χ3v) is 11.9. The second kappa shape index (κ2) is 19.8. The van der Waals surface area contributed by atoms with Crippen molar-refractivity contribution in [3.8, 4) is 0 Å². The highest BCUT2D eigenvalue weighted by atomic mass is 16.6. The predicted octanol–water partition coefficient (Wildman–Crippen LogP) is 6.61. The number of carbonyl (C=O) groups excluding carboxylic acids is 3. The van der Waals surface area contributed by atoms with Crippen molar-refractivity contribution in [1.29, 1.82) is 0 Å². The molecule has 4 heterocycles. The molecule has 2 saturated heterocycles. The monoisotopic (exact) mass is 798 g/mol. The van der Waals surface area contributed by atoms with E-state index in [0.29, 0.717) is 19.0 Å². The molecule has 3 N–H and O–H groups in total. The summed E-state index contributed by atoms with van der Waals surface area (Å²) in [5.74, 6) is 0.0675. The molecule has 4 aliphatic heterocycles. The van der Waals surface area contributed by atoms with Crippen molar-refractivity contribution in [2.24, 2.45) is 0 Å². The Labute approximate surface area is 350 Å². The van der Waals surface area contributed by atoms with Crippen molar-refractivity contribution in [2.45, 2.75) is 115 Å². The van der Waals surface area contributed by atoms with Crippen LogP contribution < -0.4 is 16.0 Å². The summed E-state index contributed by atoms with van der Waals surface area (Å²) in [7, 11) is 0. The van der Waals surface area contributed by atoms with E-state index in [1.807, 2.05) is 51.1 Å². The average molecular weight is 799 g/mol. The molecule has 0 aliphatic carbocycles. The van der Waals surface area contributed by atoms with Crippen LogP contribution in [0, 0.1) is 0 Å². The molecule has 2 atom stereocenters. The normalized spacial score (nSPS) is 20.3. The predicted molar refractivity (Wildman–Crippen MR) is 232 cm³/mol. The SMILES string of the molecule is CC(C)(C)OC(=O)N1Cc2ccccc2C[C@H]1C(=O)NC1CCN(Cc2ccccc2)CC1.O=C(NC1CCN(Cc2ccccc2)CC1)[C@@H]1Cc2ccccc2CN1. The topological polar surface area (TPSA) is 106 Å². The Balaban J connectivity index is 0.000000184. The van der Waals surface area contributed by atoms with Gasteiger partial charge in [0.2, 0.25) is 11.8 Å². The van der Waals surface area contributed by atoms with E-state index in [1.165, 1.54) is 22.3 Å². The largest absolute Gasteiger partial charge is 0.444 e. The summed E-state index contributed by atoms with van der Waals surface area (Å²) in [6.07, 6.45) is 4.74. The number of carbonyl (C=O) groups is 3. The zero-order valence-electron chi connectivity index (χ0n) is 35.1. The first-order valence-electron chi connectivity index (χ1n) is 21.6. The Morgan fingerprint density at radius 3 is 1.59 bits per heavy atom. The van der Waals surface area contributed by atoms with Gasteiger partial charge < -0.3 is 20.7 Å². The first-order valence-corrected chi connectivity index (χ1v) is 21.6. The summed E-state index contributed by atoms with van der Waals surface area (Å²) in [4.78, 5) is 45.5. The van der Waals surface area contributed by atoms with Gasteiger partial charge in [-0.3, -0.25) is 24.3 Å². The second-order valence-corrected chi connectivity index (χ2v) is 17.6. The lowest BCUT2D eigenvalue weighted by Crippen LogP contribution is -2.56. The number of nitrogens with one attached hydrogen (secondary N) is 3. The maximum absolute atomic E-state index is 13.4. The second-order valence-electron chi connectivity index (χ2n) is 17.6. The van der Waals surface area contributed by atoms with Gasteiger partial charge in [0.15, 0.2) is 0 Å². The maximum Gasteiger partial charge on any atom is 0.411 e. The molecule has 0 spiro atoms. The molecule has 2 fully saturated rings. The minimum Gasteiger partial charge on any atom is -0.444 e. The average Bonchev–Trinajstić information content (AvgIpc) is 3.25. The molecular weight excluding hydrogens is 737 g/mol. The van der Waals surface area contributed by atoms with Crippen LogP contribution in [0.4, 0.5) is 4.79 Å². The van der Waals surface area contributed by atoms with Crippen LogP contribution in [0.5, 0.6) is 0 Å². The molecule has 4 aromatic rings.